The Hall–Kier alpha value is -5.25. The number of carbonyl (C=O) groups excluding carboxylic acids is 3. The fourth-order valence-corrected chi connectivity index (χ4v) is 7.53. The van der Waals surface area contributed by atoms with Crippen LogP contribution < -0.4 is 5.32 Å². The fourth-order valence-electron chi connectivity index (χ4n) is 7.53. The Morgan fingerprint density at radius 3 is 2.17 bits per heavy atom. The van der Waals surface area contributed by atoms with Gasteiger partial charge in [-0.25, -0.2) is 14.5 Å². The van der Waals surface area contributed by atoms with Gasteiger partial charge in [0.05, 0.1) is 18.4 Å². The Balaban J connectivity index is 0.847. The number of nitrogens with zero attached hydrogens (tertiary/aromatic N) is 7. The van der Waals surface area contributed by atoms with E-state index in [9.17, 15) is 27.6 Å². The minimum atomic E-state index is -4.50. The van der Waals surface area contributed by atoms with E-state index >= 15 is 0 Å². The van der Waals surface area contributed by atoms with Gasteiger partial charge in [-0.15, -0.1) is 0 Å². The first-order valence-corrected chi connectivity index (χ1v) is 20.0. The minimum Gasteiger partial charge on any atom is -0.444 e. The lowest BCUT2D eigenvalue weighted by atomic mass is 9.92. The number of aromatic amines is 1. The molecule has 2 atom stereocenters. The molecule has 3 aliphatic rings. The van der Waals surface area contributed by atoms with Crippen molar-refractivity contribution in [3.8, 4) is 16.8 Å². The summed E-state index contributed by atoms with van der Waals surface area (Å²) in [5, 5.41) is 13.6. The molecule has 13 nitrogen and oxygen atoms in total. The van der Waals surface area contributed by atoms with Gasteiger partial charge in [0.1, 0.15) is 16.8 Å². The highest BCUT2D eigenvalue weighted by atomic mass is 19.4. The second-order valence-electron chi connectivity index (χ2n) is 17.2. The fraction of sp³-hybridized carbons (Fsp3) is 0.524. The first kappa shape index (κ1) is 40.9. The quantitative estimate of drug-likeness (QED) is 0.190. The van der Waals surface area contributed by atoms with Crippen molar-refractivity contribution in [2.45, 2.75) is 83.5 Å². The number of alkyl halides is 3. The van der Waals surface area contributed by atoms with Crippen LogP contribution >= 0.6 is 0 Å². The first-order valence-electron chi connectivity index (χ1n) is 20.0. The molecular formula is C42H52F3N9O4. The van der Waals surface area contributed by atoms with E-state index in [1.807, 2.05) is 80.4 Å². The molecule has 4 aromatic rings. The van der Waals surface area contributed by atoms with E-state index in [-0.39, 0.29) is 47.9 Å². The normalized spacial score (nSPS) is 19.6. The van der Waals surface area contributed by atoms with Crippen LogP contribution in [-0.2, 0) is 21.5 Å². The number of amides is 3. The molecule has 1 saturated carbocycles. The summed E-state index contributed by atoms with van der Waals surface area (Å²) in [4.78, 5) is 48.7. The van der Waals surface area contributed by atoms with Gasteiger partial charge < -0.3 is 19.9 Å². The van der Waals surface area contributed by atoms with Crippen LogP contribution in [0.25, 0.3) is 16.8 Å². The minimum absolute atomic E-state index is 0.0324. The molecule has 3 amide bonds. The van der Waals surface area contributed by atoms with Crippen molar-refractivity contribution in [2.24, 2.45) is 11.8 Å². The van der Waals surface area contributed by atoms with Gasteiger partial charge in [-0.2, -0.15) is 23.4 Å². The molecule has 2 aromatic heterocycles. The molecule has 16 heteroatoms. The van der Waals surface area contributed by atoms with Gasteiger partial charge in [0.25, 0.3) is 5.91 Å². The Bertz CT molecular complexity index is 2070. The van der Waals surface area contributed by atoms with Crippen molar-refractivity contribution in [1.82, 2.24) is 45.0 Å². The van der Waals surface area contributed by atoms with Crippen LogP contribution in [0.4, 0.5) is 18.0 Å². The highest BCUT2D eigenvalue weighted by Crippen LogP contribution is 2.48. The third kappa shape index (κ3) is 9.38. The van der Waals surface area contributed by atoms with Crippen LogP contribution in [0.15, 0.2) is 60.9 Å². The van der Waals surface area contributed by atoms with Gasteiger partial charge >= 0.3 is 12.3 Å². The monoisotopic (exact) mass is 803 g/mol. The van der Waals surface area contributed by atoms with Gasteiger partial charge in [0.15, 0.2) is 5.82 Å². The van der Waals surface area contributed by atoms with Crippen molar-refractivity contribution in [1.29, 1.82) is 0 Å². The summed E-state index contributed by atoms with van der Waals surface area (Å²) in [6, 6.07) is 15.5. The van der Waals surface area contributed by atoms with E-state index in [1.165, 1.54) is 0 Å². The van der Waals surface area contributed by atoms with Gasteiger partial charge in [-0.1, -0.05) is 24.3 Å². The number of nitrogens with one attached hydrogen (secondary N) is 2. The Morgan fingerprint density at radius 2 is 1.53 bits per heavy atom. The number of piperidine rings is 1. The molecule has 3 fully saturated rings. The molecule has 4 heterocycles. The third-order valence-corrected chi connectivity index (χ3v) is 11.4. The average Bonchev–Trinajstić information content (AvgIpc) is 3.57. The number of aromatic nitrogens is 5. The van der Waals surface area contributed by atoms with Crippen molar-refractivity contribution < 1.29 is 32.3 Å². The van der Waals surface area contributed by atoms with Crippen LogP contribution in [0.3, 0.4) is 0 Å². The number of halogens is 3. The molecule has 310 valence electrons. The molecule has 0 unspecified atom stereocenters. The predicted molar refractivity (Wildman–Crippen MR) is 210 cm³/mol. The van der Waals surface area contributed by atoms with Gasteiger partial charge in [0, 0.05) is 69.1 Å². The molecule has 0 spiro atoms. The van der Waals surface area contributed by atoms with E-state index < -0.39 is 17.2 Å². The zero-order chi connectivity index (χ0) is 41.4. The lowest BCUT2D eigenvalue weighted by Crippen LogP contribution is -2.51. The molecule has 58 heavy (non-hydrogen) atoms. The third-order valence-electron chi connectivity index (χ3n) is 11.4. The van der Waals surface area contributed by atoms with Crippen LogP contribution in [0, 0.1) is 11.8 Å². The predicted octanol–water partition coefficient (Wildman–Crippen LogP) is 6.32. The largest absolute Gasteiger partial charge is 0.444 e. The molecule has 1 aliphatic carbocycles. The lowest BCUT2D eigenvalue weighted by molar-refractivity contribution is -0.182. The van der Waals surface area contributed by atoms with E-state index in [1.54, 1.807) is 15.8 Å². The van der Waals surface area contributed by atoms with Gasteiger partial charge in [0.2, 0.25) is 5.91 Å². The van der Waals surface area contributed by atoms with E-state index in [0.717, 1.165) is 81.8 Å². The highest BCUT2D eigenvalue weighted by Gasteiger charge is 2.51. The van der Waals surface area contributed by atoms with Crippen LogP contribution in [-0.4, -0.2) is 115 Å². The highest BCUT2D eigenvalue weighted by molar-refractivity contribution is 5.94. The summed E-state index contributed by atoms with van der Waals surface area (Å²) in [6.45, 7) is 13.1. The number of ether oxygens (including phenoxy) is 1. The van der Waals surface area contributed by atoms with Gasteiger partial charge in [-0.05, 0) is 101 Å². The number of benzene rings is 2. The molecule has 0 radical (unpaired) electrons. The summed E-state index contributed by atoms with van der Waals surface area (Å²) in [7, 11) is 0. The van der Waals surface area contributed by atoms with Gasteiger partial charge in [-0.3, -0.25) is 19.6 Å². The SMILES string of the molecule is CC(C)(C)OC(=O)N1CCN(CC2CCN(C(=O)c3ccc(-n4cc(-c5ccc([C@H]6C[C@@H]6C(=O)NCc6nc(C(C)(C)C(F)(F)F)n[nH]6)cc5)cn4)cc3)CC2)CC1. The summed E-state index contributed by atoms with van der Waals surface area (Å²) >= 11 is 0. The number of carbonyl (C=O) groups is 3. The number of rotatable bonds is 10. The molecule has 7 rings (SSSR count). The first-order chi connectivity index (χ1) is 27.4. The lowest BCUT2D eigenvalue weighted by Gasteiger charge is -2.39. The summed E-state index contributed by atoms with van der Waals surface area (Å²) < 4.78 is 47.3. The molecule has 0 bridgehead atoms. The number of piperazine rings is 1. The van der Waals surface area contributed by atoms with Crippen molar-refractivity contribution in [3.05, 3.63) is 83.7 Å². The maximum atomic E-state index is 13.4. The van der Waals surface area contributed by atoms with Crippen molar-refractivity contribution in [2.75, 3.05) is 45.8 Å². The molecule has 2 saturated heterocycles. The van der Waals surface area contributed by atoms with Crippen LogP contribution in [0.2, 0.25) is 0 Å². The summed E-state index contributed by atoms with van der Waals surface area (Å²) in [6.07, 6.45) is 1.56. The van der Waals surface area contributed by atoms with E-state index in [4.69, 9.17) is 4.74 Å². The maximum absolute atomic E-state index is 13.4. The zero-order valence-electron chi connectivity index (χ0n) is 33.7. The number of hydrogen-bond acceptors (Lipinski definition) is 8. The second kappa shape index (κ2) is 16.2. The standard InChI is InChI=1S/C42H52F3N9O4/c1-40(2,3)58-39(57)53-20-18-51(19-21-53)25-27-14-16-52(17-15-27)37(56)30-10-12-32(13-11-30)54-26-31(23-47-54)28-6-8-29(9-7-28)33-22-34(33)36(55)46-24-35-48-38(50-49-35)41(4,5)42(43,44)45/h6-13,23,26-27,33-34H,14-22,24-25H2,1-5H3,(H,46,55)(H,48,49,50)/t33-,34+/m1/s1. The number of H-pyrrole nitrogens is 1. The van der Waals surface area contributed by atoms with E-state index in [2.05, 4.69) is 30.5 Å². The second-order valence-corrected chi connectivity index (χ2v) is 17.2. The summed E-state index contributed by atoms with van der Waals surface area (Å²) in [5.41, 5.74) is 1.70. The molecular weight excluding hydrogens is 752 g/mol. The summed E-state index contributed by atoms with van der Waals surface area (Å²) in [5.74, 6) is -0.00279. The number of likely N-dealkylation sites (tertiary alicyclic amines) is 1. The zero-order valence-corrected chi connectivity index (χ0v) is 33.7. The van der Waals surface area contributed by atoms with Crippen molar-refractivity contribution in [3.63, 3.8) is 0 Å². The van der Waals surface area contributed by atoms with E-state index in [0.29, 0.717) is 31.0 Å². The Morgan fingerprint density at radius 1 is 0.862 bits per heavy atom. The number of hydrogen-bond donors (Lipinski definition) is 2. The van der Waals surface area contributed by atoms with Crippen molar-refractivity contribution >= 4 is 17.9 Å². The average molecular weight is 804 g/mol. The van der Waals surface area contributed by atoms with Crippen LogP contribution in [0.1, 0.15) is 87.4 Å². The topological polar surface area (TPSA) is 142 Å². The smallest absolute Gasteiger partial charge is 0.410 e. The van der Waals surface area contributed by atoms with Crippen LogP contribution in [0.5, 0.6) is 0 Å². The Kier molecular flexibility index (Phi) is 11.4. The Labute approximate surface area is 336 Å². The molecule has 2 aromatic carbocycles. The maximum Gasteiger partial charge on any atom is 0.410 e. The molecule has 2 N–H and O–H groups in total. The molecule has 2 aliphatic heterocycles.